The lowest BCUT2D eigenvalue weighted by molar-refractivity contribution is -0.152. The van der Waals surface area contributed by atoms with Crippen molar-refractivity contribution in [3.63, 3.8) is 0 Å². The summed E-state index contributed by atoms with van der Waals surface area (Å²) in [7, 11) is 1.77. The van der Waals surface area contributed by atoms with Gasteiger partial charge in [0.1, 0.15) is 11.9 Å². The molecule has 0 bridgehead atoms. The molecule has 1 fully saturated rings. The molecule has 3 aromatic rings. The number of ether oxygens (including phenoxy) is 1. The number of piperidine rings is 1. The number of fused-ring (bicyclic) bond motifs is 1. The number of nitrogens with one attached hydrogen (secondary N) is 2. The second kappa shape index (κ2) is 11.6. The summed E-state index contributed by atoms with van der Waals surface area (Å²) in [6.45, 7) is 10.2. The van der Waals surface area contributed by atoms with Crippen LogP contribution in [-0.4, -0.2) is 56.5 Å². The monoisotopic (exact) mass is 509 g/mol. The van der Waals surface area contributed by atoms with Gasteiger partial charge in [-0.25, -0.2) is 4.98 Å². The van der Waals surface area contributed by atoms with Crippen LogP contribution in [0, 0.1) is 12.8 Å². The zero-order valence-electron chi connectivity index (χ0n) is 22.5. The van der Waals surface area contributed by atoms with Gasteiger partial charge in [0.05, 0.1) is 23.2 Å². The smallest absolute Gasteiger partial charge is 0.326 e. The number of aliphatic hydroxyl groups excluding tert-OH is 1. The van der Waals surface area contributed by atoms with Crippen LogP contribution in [0.25, 0.3) is 22.4 Å². The van der Waals surface area contributed by atoms with Gasteiger partial charge in [0, 0.05) is 37.5 Å². The van der Waals surface area contributed by atoms with Gasteiger partial charge in [-0.05, 0) is 83.3 Å². The summed E-state index contributed by atoms with van der Waals surface area (Å²) in [6, 6.07) is 7.16. The lowest BCUT2D eigenvalue weighted by Gasteiger charge is -2.24. The molecule has 9 heteroatoms. The fourth-order valence-electron chi connectivity index (χ4n) is 5.01. The van der Waals surface area contributed by atoms with Crippen LogP contribution < -0.4 is 16.2 Å². The highest BCUT2D eigenvalue weighted by atomic mass is 16.5. The maximum atomic E-state index is 12.5. The van der Waals surface area contributed by atoms with E-state index in [1.54, 1.807) is 32.4 Å². The Morgan fingerprint density at radius 1 is 1.30 bits per heavy atom. The van der Waals surface area contributed by atoms with Gasteiger partial charge < -0.3 is 24.3 Å². The van der Waals surface area contributed by atoms with Crippen molar-refractivity contribution < 1.29 is 14.6 Å². The van der Waals surface area contributed by atoms with Gasteiger partial charge in [-0.1, -0.05) is 6.07 Å². The average molecular weight is 510 g/mol. The summed E-state index contributed by atoms with van der Waals surface area (Å²) in [4.78, 5) is 29.8. The molecule has 0 saturated carbocycles. The molecule has 0 radical (unpaired) electrons. The van der Waals surface area contributed by atoms with Crippen LogP contribution in [0.2, 0.25) is 0 Å². The Labute approximate surface area is 217 Å². The Hall–Kier alpha value is -3.01. The van der Waals surface area contributed by atoms with Gasteiger partial charge in [-0.2, -0.15) is 0 Å². The molecular formula is C28H39N5O4. The van der Waals surface area contributed by atoms with Gasteiger partial charge in [0.25, 0.3) is 5.56 Å². The second-order valence-electron chi connectivity index (χ2n) is 10.5. The van der Waals surface area contributed by atoms with Crippen molar-refractivity contribution in [1.29, 1.82) is 0 Å². The molecule has 3 atom stereocenters. The predicted molar refractivity (Wildman–Crippen MR) is 144 cm³/mol. The summed E-state index contributed by atoms with van der Waals surface area (Å²) >= 11 is 0. The summed E-state index contributed by atoms with van der Waals surface area (Å²) in [5, 5.41) is 16.8. The third-order valence-electron chi connectivity index (χ3n) is 6.89. The maximum absolute atomic E-state index is 12.5. The van der Waals surface area contributed by atoms with E-state index >= 15 is 0 Å². The number of pyridine rings is 1. The van der Waals surface area contributed by atoms with E-state index in [2.05, 4.69) is 21.3 Å². The summed E-state index contributed by atoms with van der Waals surface area (Å²) < 4.78 is 9.18. The van der Waals surface area contributed by atoms with Crippen molar-refractivity contribution in [3.8, 4) is 11.4 Å². The van der Waals surface area contributed by atoms with Crippen molar-refractivity contribution in [2.24, 2.45) is 13.0 Å². The normalized spacial score (nSPS) is 17.8. The zero-order valence-corrected chi connectivity index (χ0v) is 22.5. The highest BCUT2D eigenvalue weighted by Gasteiger charge is 2.26. The van der Waals surface area contributed by atoms with E-state index in [-0.39, 0.29) is 11.7 Å². The number of rotatable bonds is 9. The minimum Gasteiger partial charge on any atom is -0.462 e. The van der Waals surface area contributed by atoms with Crippen LogP contribution in [0.5, 0.6) is 0 Å². The highest BCUT2D eigenvalue weighted by molar-refractivity contribution is 5.81. The summed E-state index contributed by atoms with van der Waals surface area (Å²) in [5.74, 6) is 0.853. The van der Waals surface area contributed by atoms with E-state index in [1.165, 1.54) is 0 Å². The lowest BCUT2D eigenvalue weighted by Crippen LogP contribution is -2.46. The van der Waals surface area contributed by atoms with Crippen LogP contribution in [0.4, 0.5) is 0 Å². The Kier molecular flexibility index (Phi) is 8.46. The number of nitrogens with zero attached hydrogens (tertiary/aromatic N) is 3. The lowest BCUT2D eigenvalue weighted by atomic mass is 9.99. The number of carbonyl (C=O) groups excluding carboxylic acids is 1. The molecular weight excluding hydrogens is 470 g/mol. The average Bonchev–Trinajstić information content (AvgIpc) is 3.20. The van der Waals surface area contributed by atoms with Crippen LogP contribution in [0.1, 0.15) is 44.7 Å². The number of aromatic nitrogens is 3. The van der Waals surface area contributed by atoms with Gasteiger partial charge in [-0.3, -0.25) is 14.9 Å². The standard InChI is InChI=1S/C28H39N5O4/c1-17(2)37-28(36)25(19(4)34)30-14-20-8-9-23-24(12-20)33(15-21-7-6-10-29-13-21)26(31-23)22-11-18(3)27(35)32(5)16-22/h8-9,11-12,16-17,19,21,25,29-30,34H,6-7,10,13-15H2,1-5H3/t19-,21+,25+/m1/s1. The first kappa shape index (κ1) is 27.0. The Bertz CT molecular complexity index is 1280. The second-order valence-corrected chi connectivity index (χ2v) is 10.5. The highest BCUT2D eigenvalue weighted by Crippen LogP contribution is 2.28. The van der Waals surface area contributed by atoms with Crippen molar-refractivity contribution in [1.82, 2.24) is 24.8 Å². The molecule has 0 aliphatic carbocycles. The quantitative estimate of drug-likeness (QED) is 0.380. The third kappa shape index (κ3) is 6.29. The Morgan fingerprint density at radius 3 is 2.73 bits per heavy atom. The van der Waals surface area contributed by atoms with Gasteiger partial charge in [-0.15, -0.1) is 0 Å². The fraction of sp³-hybridized carbons (Fsp3) is 0.536. The predicted octanol–water partition coefficient (Wildman–Crippen LogP) is 2.50. The van der Waals surface area contributed by atoms with Gasteiger partial charge in [0.15, 0.2) is 0 Å². The van der Waals surface area contributed by atoms with Crippen LogP contribution in [-0.2, 0) is 29.7 Å². The molecule has 3 heterocycles. The zero-order chi connectivity index (χ0) is 26.7. The number of aryl methyl sites for hydroxylation is 2. The molecule has 1 saturated heterocycles. The molecule has 3 N–H and O–H groups in total. The van der Waals surface area contributed by atoms with Crippen molar-refractivity contribution >= 4 is 17.0 Å². The van der Waals surface area contributed by atoms with Crippen LogP contribution in [0.3, 0.4) is 0 Å². The molecule has 1 aliphatic heterocycles. The van der Waals surface area contributed by atoms with Crippen molar-refractivity contribution in [3.05, 3.63) is 51.9 Å². The van der Waals surface area contributed by atoms with E-state index in [0.717, 1.165) is 60.5 Å². The molecule has 37 heavy (non-hydrogen) atoms. The number of carbonyl (C=O) groups is 1. The number of esters is 1. The Morgan fingerprint density at radius 2 is 2.08 bits per heavy atom. The molecule has 1 aromatic carbocycles. The van der Waals surface area contributed by atoms with Crippen LogP contribution >= 0.6 is 0 Å². The topological polar surface area (TPSA) is 110 Å². The molecule has 0 amide bonds. The van der Waals surface area contributed by atoms with Crippen molar-refractivity contribution in [2.75, 3.05) is 13.1 Å². The van der Waals surface area contributed by atoms with E-state index in [9.17, 15) is 14.7 Å². The molecule has 0 spiro atoms. The molecule has 9 nitrogen and oxygen atoms in total. The number of benzene rings is 1. The molecule has 0 unspecified atom stereocenters. The number of imidazole rings is 1. The Balaban J connectivity index is 1.69. The largest absolute Gasteiger partial charge is 0.462 e. The van der Waals surface area contributed by atoms with E-state index in [0.29, 0.717) is 18.0 Å². The first-order valence-electron chi connectivity index (χ1n) is 13.1. The van der Waals surface area contributed by atoms with Crippen molar-refractivity contribution in [2.45, 2.75) is 71.9 Å². The van der Waals surface area contributed by atoms with E-state index in [4.69, 9.17) is 9.72 Å². The summed E-state index contributed by atoms with van der Waals surface area (Å²) in [5.41, 5.74) is 4.43. The molecule has 4 rings (SSSR count). The number of aliphatic hydroxyl groups is 1. The van der Waals surface area contributed by atoms with Gasteiger partial charge >= 0.3 is 5.97 Å². The molecule has 200 valence electrons. The van der Waals surface area contributed by atoms with E-state index in [1.807, 2.05) is 31.3 Å². The fourth-order valence-corrected chi connectivity index (χ4v) is 5.01. The third-order valence-corrected chi connectivity index (χ3v) is 6.89. The molecule has 2 aromatic heterocycles. The SMILES string of the molecule is Cc1cc(-c2nc3ccc(CN[C@H](C(=O)OC(C)C)[C@@H](C)O)cc3n2C[C@H]2CCCNC2)cn(C)c1=O. The maximum Gasteiger partial charge on any atom is 0.326 e. The number of hydrogen-bond donors (Lipinski definition) is 3. The summed E-state index contributed by atoms with van der Waals surface area (Å²) in [6.07, 6.45) is 3.00. The minimum atomic E-state index is -0.890. The first-order chi connectivity index (χ1) is 17.6. The number of hydrogen-bond acceptors (Lipinski definition) is 7. The van der Waals surface area contributed by atoms with Crippen LogP contribution in [0.15, 0.2) is 35.3 Å². The van der Waals surface area contributed by atoms with Gasteiger partial charge in [0.2, 0.25) is 0 Å². The first-order valence-corrected chi connectivity index (χ1v) is 13.1. The van der Waals surface area contributed by atoms with E-state index < -0.39 is 18.1 Å². The molecule has 1 aliphatic rings. The minimum absolute atomic E-state index is 0.0140.